The quantitative estimate of drug-likeness (QED) is 0.0185. The van der Waals surface area contributed by atoms with Gasteiger partial charge in [0.05, 0.1) is 12.5 Å². The molecule has 0 saturated heterocycles. The molecule has 0 aliphatic carbocycles. The van der Waals surface area contributed by atoms with Gasteiger partial charge in [-0.1, -0.05) is 32.4 Å². The van der Waals surface area contributed by atoms with E-state index in [4.69, 9.17) is 33.8 Å². The van der Waals surface area contributed by atoms with Crippen LogP contribution in [0.25, 0.3) is 0 Å². The second kappa shape index (κ2) is 30.5. The number of benzene rings is 1. The number of carboxylic acids is 3. The molecule has 0 unspecified atom stereocenters. The molecular formula is C41H68N12O13. The van der Waals surface area contributed by atoms with Crippen molar-refractivity contribution in [1.82, 2.24) is 31.9 Å². The van der Waals surface area contributed by atoms with Gasteiger partial charge in [0.1, 0.15) is 42.0 Å². The third-order valence-electron chi connectivity index (χ3n) is 9.99. The number of phenols is 1. The van der Waals surface area contributed by atoms with Gasteiger partial charge in [0.2, 0.25) is 35.4 Å². The molecule has 25 nitrogen and oxygen atoms in total. The summed E-state index contributed by atoms with van der Waals surface area (Å²) in [5.74, 6) is -11.0. The highest BCUT2D eigenvalue weighted by molar-refractivity contribution is 5.98. The van der Waals surface area contributed by atoms with Gasteiger partial charge < -0.3 is 81.0 Å². The Labute approximate surface area is 382 Å². The first-order chi connectivity index (χ1) is 31.1. The Morgan fingerprint density at radius 2 is 1.06 bits per heavy atom. The van der Waals surface area contributed by atoms with Crippen LogP contribution in [-0.2, 0) is 49.6 Å². The lowest BCUT2D eigenvalue weighted by Crippen LogP contribution is -2.61. The number of carbonyl (C=O) groups excluding carboxylic acids is 6. The average Bonchev–Trinajstić information content (AvgIpc) is 3.24. The van der Waals surface area contributed by atoms with Gasteiger partial charge in [-0.3, -0.25) is 43.3 Å². The molecule has 6 amide bonds. The SMILES string of the molecule is CC(C)[C@H](NC(=O)[C@H](CC(=O)O)NC(=O)[C@H](CCCCN)NC(=O)[C@H](CCCN=C(N)N)NC(=O)[C@H](N)CCCCN)C(=O)N[C@@H](Cc1ccc(O)cc1)C(=O)N[C@@H](CCC(=O)O)C(=O)O. The predicted octanol–water partition coefficient (Wildman–Crippen LogP) is -3.44. The number of carbonyl (C=O) groups is 9. The average molecular weight is 937 g/mol. The van der Waals surface area contributed by atoms with Gasteiger partial charge in [0.15, 0.2) is 5.96 Å². The number of aliphatic imine (C=N–C) groups is 1. The molecule has 0 bridgehead atoms. The molecule has 0 aliphatic heterocycles. The largest absolute Gasteiger partial charge is 0.508 e. The highest BCUT2D eigenvalue weighted by atomic mass is 16.4. The zero-order valence-electron chi connectivity index (χ0n) is 37.3. The normalized spacial score (nSPS) is 14.2. The molecule has 1 rings (SSSR count). The number of aromatic hydroxyl groups is 1. The number of rotatable bonds is 33. The molecule has 25 heteroatoms. The second-order valence-electron chi connectivity index (χ2n) is 15.9. The summed E-state index contributed by atoms with van der Waals surface area (Å²) >= 11 is 0. The highest BCUT2D eigenvalue weighted by Crippen LogP contribution is 2.14. The molecule has 0 aliphatic rings. The van der Waals surface area contributed by atoms with Crippen molar-refractivity contribution in [2.24, 2.45) is 39.6 Å². The van der Waals surface area contributed by atoms with Crippen LogP contribution < -0.4 is 60.6 Å². The fourth-order valence-electron chi connectivity index (χ4n) is 6.31. The Balaban J connectivity index is 3.43. The molecule has 1 aromatic rings. The zero-order chi connectivity index (χ0) is 49.9. The number of nitrogens with two attached hydrogens (primary N) is 5. The zero-order valence-corrected chi connectivity index (χ0v) is 37.3. The Bertz CT molecular complexity index is 1810. The molecule has 0 spiro atoms. The topological polar surface area (TPSA) is 449 Å². The summed E-state index contributed by atoms with van der Waals surface area (Å²) in [6.45, 7) is 3.73. The van der Waals surface area contributed by atoms with E-state index in [1.807, 2.05) is 0 Å². The Kier molecular flexibility index (Phi) is 26.6. The van der Waals surface area contributed by atoms with Crippen LogP contribution in [-0.4, -0.2) is 142 Å². The number of amides is 6. The van der Waals surface area contributed by atoms with E-state index in [1.54, 1.807) is 0 Å². The van der Waals surface area contributed by atoms with Crippen molar-refractivity contribution in [3.8, 4) is 5.75 Å². The van der Waals surface area contributed by atoms with Gasteiger partial charge in [-0.25, -0.2) is 4.79 Å². The Hall–Kier alpha value is -6.60. The first kappa shape index (κ1) is 57.4. The van der Waals surface area contributed by atoms with Gasteiger partial charge in [-0.15, -0.1) is 0 Å². The van der Waals surface area contributed by atoms with E-state index in [0.717, 1.165) is 0 Å². The first-order valence-corrected chi connectivity index (χ1v) is 21.6. The summed E-state index contributed by atoms with van der Waals surface area (Å²) < 4.78 is 0. The minimum absolute atomic E-state index is 0.00598. The molecule has 0 aromatic heterocycles. The van der Waals surface area contributed by atoms with E-state index in [2.05, 4.69) is 36.9 Å². The van der Waals surface area contributed by atoms with Crippen LogP contribution in [0.5, 0.6) is 5.75 Å². The molecule has 1 aromatic carbocycles. The lowest BCUT2D eigenvalue weighted by Gasteiger charge is -2.28. The molecule has 370 valence electrons. The number of nitrogens with one attached hydrogen (secondary N) is 6. The van der Waals surface area contributed by atoms with Crippen LogP contribution in [0.3, 0.4) is 0 Å². The third kappa shape index (κ3) is 22.8. The van der Waals surface area contributed by atoms with Crippen molar-refractivity contribution in [1.29, 1.82) is 0 Å². The van der Waals surface area contributed by atoms with Crippen molar-refractivity contribution >= 4 is 59.3 Å². The Morgan fingerprint density at radius 1 is 0.576 bits per heavy atom. The van der Waals surface area contributed by atoms with Crippen molar-refractivity contribution in [2.75, 3.05) is 19.6 Å². The van der Waals surface area contributed by atoms with E-state index in [0.29, 0.717) is 37.8 Å². The number of phenolic OH excluding ortho intramolecular Hbond substituents is 1. The standard InChI is InChI=1S/C41H68N12O13/c1-22(2)33(39(64)52-29(20-23-11-13-24(54)14-12-23)37(62)50-28(40(65)66)15-16-31(55)56)53-38(63)30(21-32(57)58)51-36(61)26(9-4-6-18-43)49-35(60)27(10-7-19-47-41(45)46)48-34(59)25(44)8-3-5-17-42/h11-14,22,25-30,33,54H,3-10,15-21,42-44H2,1-2H3,(H,48,59)(H,49,60)(H,50,62)(H,51,61)(H,52,64)(H,53,63)(H,55,56)(H,57,58)(H,65,66)(H4,45,46,47)/t25-,26+,27+,28+,29+,30+,33+/m1/s1. The van der Waals surface area contributed by atoms with Crippen LogP contribution in [0.15, 0.2) is 29.3 Å². The molecule has 0 fully saturated rings. The molecule has 7 atom stereocenters. The van der Waals surface area contributed by atoms with Gasteiger partial charge in [0, 0.05) is 19.4 Å². The van der Waals surface area contributed by atoms with Crippen LogP contribution in [0.1, 0.15) is 90.0 Å². The number of guanidine groups is 1. The van der Waals surface area contributed by atoms with Crippen LogP contribution in [0, 0.1) is 5.92 Å². The fourth-order valence-corrected chi connectivity index (χ4v) is 6.31. The van der Waals surface area contributed by atoms with E-state index >= 15 is 0 Å². The maximum atomic E-state index is 13.9. The molecule has 0 saturated carbocycles. The van der Waals surface area contributed by atoms with Crippen molar-refractivity contribution in [2.45, 2.75) is 133 Å². The molecule has 66 heavy (non-hydrogen) atoms. The summed E-state index contributed by atoms with van der Waals surface area (Å²) in [5, 5.41) is 52.9. The number of carboxylic acid groups (broad SMARTS) is 3. The van der Waals surface area contributed by atoms with Gasteiger partial charge in [0.25, 0.3) is 0 Å². The number of hydrogen-bond donors (Lipinski definition) is 15. The van der Waals surface area contributed by atoms with Gasteiger partial charge in [-0.2, -0.15) is 0 Å². The van der Waals surface area contributed by atoms with Crippen LogP contribution in [0.4, 0.5) is 0 Å². The number of nitrogens with zero attached hydrogens (tertiary/aromatic N) is 1. The summed E-state index contributed by atoms with van der Waals surface area (Å²) in [7, 11) is 0. The number of aliphatic carboxylic acids is 3. The van der Waals surface area contributed by atoms with Gasteiger partial charge >= 0.3 is 17.9 Å². The monoisotopic (exact) mass is 937 g/mol. The second-order valence-corrected chi connectivity index (χ2v) is 15.9. The minimum Gasteiger partial charge on any atom is -0.508 e. The van der Waals surface area contributed by atoms with E-state index in [-0.39, 0.29) is 56.9 Å². The molecule has 0 heterocycles. The minimum atomic E-state index is -1.83. The first-order valence-electron chi connectivity index (χ1n) is 21.6. The summed E-state index contributed by atoms with van der Waals surface area (Å²) in [4.78, 5) is 121. The van der Waals surface area contributed by atoms with Crippen molar-refractivity contribution in [3.63, 3.8) is 0 Å². The lowest BCUT2D eigenvalue weighted by atomic mass is 9.99. The van der Waals surface area contributed by atoms with Crippen LogP contribution in [0.2, 0.25) is 0 Å². The maximum Gasteiger partial charge on any atom is 0.326 e. The fraction of sp³-hybridized carbons (Fsp3) is 0.610. The van der Waals surface area contributed by atoms with Crippen LogP contribution >= 0.6 is 0 Å². The molecule has 0 radical (unpaired) electrons. The van der Waals surface area contributed by atoms with E-state index in [1.165, 1.54) is 38.1 Å². The maximum absolute atomic E-state index is 13.9. The third-order valence-corrected chi connectivity index (χ3v) is 9.99. The smallest absolute Gasteiger partial charge is 0.326 e. The van der Waals surface area contributed by atoms with Crippen molar-refractivity contribution in [3.05, 3.63) is 29.8 Å². The van der Waals surface area contributed by atoms with Crippen molar-refractivity contribution < 1.29 is 63.6 Å². The number of hydrogen-bond acceptors (Lipinski definition) is 14. The summed E-state index contributed by atoms with van der Waals surface area (Å²) in [6, 6.07) is -4.65. The molecular weight excluding hydrogens is 869 g/mol. The highest BCUT2D eigenvalue weighted by Gasteiger charge is 2.35. The number of unbranched alkanes of at least 4 members (excludes halogenated alkanes) is 2. The Morgan fingerprint density at radius 3 is 1.58 bits per heavy atom. The van der Waals surface area contributed by atoms with Gasteiger partial charge in [-0.05, 0) is 88.1 Å². The predicted molar refractivity (Wildman–Crippen MR) is 239 cm³/mol. The summed E-state index contributed by atoms with van der Waals surface area (Å²) in [5.41, 5.74) is 28.5. The molecule has 20 N–H and O–H groups in total. The lowest BCUT2D eigenvalue weighted by molar-refractivity contribution is -0.143. The van der Waals surface area contributed by atoms with E-state index < -0.39 is 121 Å². The summed E-state index contributed by atoms with van der Waals surface area (Å²) in [6.07, 6.45) is -0.0162. The van der Waals surface area contributed by atoms with E-state index in [9.17, 15) is 58.5 Å².